The third kappa shape index (κ3) is 4.85. The van der Waals surface area contributed by atoms with E-state index >= 15 is 0 Å². The van der Waals surface area contributed by atoms with E-state index in [1.807, 2.05) is 0 Å². The van der Waals surface area contributed by atoms with Gasteiger partial charge < -0.3 is 4.74 Å². The second-order valence-electron chi connectivity index (χ2n) is 6.78. The van der Waals surface area contributed by atoms with Gasteiger partial charge in [-0.25, -0.2) is 22.2 Å². The highest BCUT2D eigenvalue weighted by Crippen LogP contribution is 2.35. The summed E-state index contributed by atoms with van der Waals surface area (Å²) in [5.74, 6) is -2.20. The maximum absolute atomic E-state index is 14.1. The molecule has 0 fully saturated rings. The molecule has 10 heteroatoms. The van der Waals surface area contributed by atoms with Gasteiger partial charge in [0.15, 0.2) is 0 Å². The van der Waals surface area contributed by atoms with Crippen molar-refractivity contribution in [2.24, 2.45) is 0 Å². The Kier molecular flexibility index (Phi) is 6.30. The fraction of sp³-hybridized carbons (Fsp3) is 0.190. The molecule has 0 amide bonds. The number of nitrogens with one attached hydrogen (secondary N) is 1. The summed E-state index contributed by atoms with van der Waals surface area (Å²) in [5.41, 5.74) is 2.24. The molecule has 0 bridgehead atoms. The van der Waals surface area contributed by atoms with Gasteiger partial charge in [0.2, 0.25) is 5.88 Å². The minimum Gasteiger partial charge on any atom is -0.479 e. The van der Waals surface area contributed by atoms with Gasteiger partial charge >= 0.3 is 0 Å². The Labute approximate surface area is 178 Å². The first-order valence-corrected chi connectivity index (χ1v) is 10.6. The van der Waals surface area contributed by atoms with Crippen LogP contribution >= 0.6 is 0 Å². The number of methoxy groups -OCH3 is 1. The van der Waals surface area contributed by atoms with Crippen LogP contribution in [0.15, 0.2) is 47.6 Å². The molecule has 3 aromatic rings. The van der Waals surface area contributed by atoms with Crippen LogP contribution in [-0.4, -0.2) is 31.3 Å². The molecule has 3 rings (SSSR count). The number of anilines is 1. The zero-order chi connectivity index (χ0) is 22.8. The van der Waals surface area contributed by atoms with E-state index in [1.54, 1.807) is 19.1 Å². The first kappa shape index (κ1) is 22.3. The average molecular weight is 447 g/mol. The highest BCUT2D eigenvalue weighted by molar-refractivity contribution is 7.92. The van der Waals surface area contributed by atoms with Gasteiger partial charge in [0, 0.05) is 36.1 Å². The Balaban J connectivity index is 2.08. The summed E-state index contributed by atoms with van der Waals surface area (Å²) in [7, 11) is -3.09. The number of nitrogens with zero attached hydrogens (tertiary/aromatic N) is 2. The fourth-order valence-corrected chi connectivity index (χ4v) is 4.21. The highest BCUT2D eigenvalue weighted by atomic mass is 32.2. The Hall–Kier alpha value is -3.40. The van der Waals surface area contributed by atoms with Gasteiger partial charge in [0.05, 0.1) is 7.11 Å². The van der Waals surface area contributed by atoms with Crippen LogP contribution in [0.4, 0.5) is 14.5 Å². The number of rotatable bonds is 7. The van der Waals surface area contributed by atoms with Crippen molar-refractivity contribution in [1.82, 2.24) is 9.97 Å². The number of sulfonamides is 1. The van der Waals surface area contributed by atoms with Crippen LogP contribution in [0.5, 0.6) is 5.88 Å². The monoisotopic (exact) mass is 447 g/mol. The zero-order valence-corrected chi connectivity index (χ0v) is 17.8. The number of carbonyl (C=O) groups is 1. The first-order chi connectivity index (χ1) is 14.6. The maximum atomic E-state index is 14.1. The standard InChI is InChI=1S/C21H19F2N3O4S/c1-12(27)8-16-9-14(6-7-24-16)17-11-25-21(30-3)20(13(17)2)26-31(28,29)19-5-4-15(22)10-18(19)23/h4-7,9-11,26H,8H2,1-3H3. The molecule has 0 aliphatic carbocycles. The minimum absolute atomic E-state index is 0.00801. The summed E-state index contributed by atoms with van der Waals surface area (Å²) in [6.07, 6.45) is 3.19. The van der Waals surface area contributed by atoms with E-state index in [2.05, 4.69) is 14.7 Å². The summed E-state index contributed by atoms with van der Waals surface area (Å²) in [4.78, 5) is 19.0. The van der Waals surface area contributed by atoms with Gasteiger partial charge in [0.1, 0.15) is 28.0 Å². The van der Waals surface area contributed by atoms with Crippen LogP contribution in [0, 0.1) is 18.6 Å². The quantitative estimate of drug-likeness (QED) is 0.594. The Morgan fingerprint density at radius 2 is 1.90 bits per heavy atom. The lowest BCUT2D eigenvalue weighted by Crippen LogP contribution is -2.17. The molecule has 0 unspecified atom stereocenters. The number of hydrogen-bond acceptors (Lipinski definition) is 6. The molecule has 1 N–H and O–H groups in total. The van der Waals surface area contributed by atoms with E-state index in [9.17, 15) is 22.0 Å². The second kappa shape index (κ2) is 8.76. The van der Waals surface area contributed by atoms with Crippen molar-refractivity contribution in [1.29, 1.82) is 0 Å². The van der Waals surface area contributed by atoms with E-state index in [0.29, 0.717) is 28.5 Å². The molecule has 0 radical (unpaired) electrons. The Morgan fingerprint density at radius 1 is 1.16 bits per heavy atom. The van der Waals surface area contributed by atoms with Crippen molar-refractivity contribution in [3.8, 4) is 17.0 Å². The third-order valence-electron chi connectivity index (χ3n) is 4.47. The van der Waals surface area contributed by atoms with Crippen molar-refractivity contribution in [3.05, 3.63) is 65.6 Å². The predicted octanol–water partition coefficient (Wildman–Crippen LogP) is 3.67. The van der Waals surface area contributed by atoms with Crippen molar-refractivity contribution < 1.29 is 26.7 Å². The lowest BCUT2D eigenvalue weighted by Gasteiger charge is -2.17. The van der Waals surface area contributed by atoms with Crippen molar-refractivity contribution in [2.45, 2.75) is 25.2 Å². The summed E-state index contributed by atoms with van der Waals surface area (Å²) < 4.78 is 60.3. The molecule has 1 aromatic carbocycles. The Morgan fingerprint density at radius 3 is 2.55 bits per heavy atom. The third-order valence-corrected chi connectivity index (χ3v) is 5.86. The molecule has 2 heterocycles. The lowest BCUT2D eigenvalue weighted by molar-refractivity contribution is -0.116. The van der Waals surface area contributed by atoms with E-state index in [0.717, 1.165) is 12.1 Å². The topological polar surface area (TPSA) is 98.2 Å². The van der Waals surface area contributed by atoms with Gasteiger partial charge in [0.25, 0.3) is 10.0 Å². The van der Waals surface area contributed by atoms with Crippen molar-refractivity contribution >= 4 is 21.5 Å². The molecule has 0 aliphatic heterocycles. The molecule has 0 atom stereocenters. The number of ether oxygens (including phenoxy) is 1. The molecule has 0 saturated carbocycles. The number of pyridine rings is 2. The first-order valence-electron chi connectivity index (χ1n) is 9.08. The largest absolute Gasteiger partial charge is 0.479 e. The summed E-state index contributed by atoms with van der Waals surface area (Å²) >= 11 is 0. The number of halogens is 2. The molecule has 0 saturated heterocycles. The average Bonchev–Trinajstić information content (AvgIpc) is 2.68. The minimum atomic E-state index is -4.41. The van der Waals surface area contributed by atoms with E-state index in [1.165, 1.54) is 26.4 Å². The van der Waals surface area contributed by atoms with Crippen LogP contribution in [0.25, 0.3) is 11.1 Å². The van der Waals surface area contributed by atoms with Crippen LogP contribution in [0.3, 0.4) is 0 Å². The number of hydrogen-bond donors (Lipinski definition) is 1. The molecule has 162 valence electrons. The van der Waals surface area contributed by atoms with Gasteiger partial charge in [-0.05, 0) is 49.2 Å². The number of Topliss-reactive ketones (excluding diaryl/α,β-unsaturated/α-hetero) is 1. The van der Waals surface area contributed by atoms with E-state index in [-0.39, 0.29) is 23.8 Å². The van der Waals surface area contributed by atoms with Crippen LogP contribution in [-0.2, 0) is 21.2 Å². The summed E-state index contributed by atoms with van der Waals surface area (Å²) in [6.45, 7) is 3.10. The second-order valence-corrected chi connectivity index (χ2v) is 8.43. The van der Waals surface area contributed by atoms with Gasteiger partial charge in [-0.1, -0.05) is 0 Å². The number of carbonyl (C=O) groups excluding carboxylic acids is 1. The van der Waals surface area contributed by atoms with Crippen LogP contribution in [0.2, 0.25) is 0 Å². The SMILES string of the molecule is COc1ncc(-c2ccnc(CC(C)=O)c2)c(C)c1NS(=O)(=O)c1ccc(F)cc1F. The molecular weight excluding hydrogens is 428 g/mol. The number of aromatic nitrogens is 2. The van der Waals surface area contributed by atoms with Crippen LogP contribution in [0.1, 0.15) is 18.2 Å². The molecule has 0 spiro atoms. The van der Waals surface area contributed by atoms with Gasteiger partial charge in [-0.2, -0.15) is 0 Å². The van der Waals surface area contributed by atoms with Crippen LogP contribution < -0.4 is 9.46 Å². The predicted molar refractivity (Wildman–Crippen MR) is 110 cm³/mol. The van der Waals surface area contributed by atoms with Crippen molar-refractivity contribution in [2.75, 3.05) is 11.8 Å². The van der Waals surface area contributed by atoms with E-state index < -0.39 is 26.6 Å². The smallest absolute Gasteiger partial charge is 0.265 e. The van der Waals surface area contributed by atoms with Crippen molar-refractivity contribution in [3.63, 3.8) is 0 Å². The molecule has 7 nitrogen and oxygen atoms in total. The number of ketones is 1. The Bertz CT molecular complexity index is 1260. The maximum Gasteiger partial charge on any atom is 0.265 e. The summed E-state index contributed by atoms with van der Waals surface area (Å²) in [5, 5.41) is 0. The zero-order valence-electron chi connectivity index (χ0n) is 16.9. The molecule has 0 aliphatic rings. The lowest BCUT2D eigenvalue weighted by atomic mass is 10.0. The van der Waals surface area contributed by atoms with E-state index in [4.69, 9.17) is 4.74 Å². The summed E-state index contributed by atoms with van der Waals surface area (Å²) in [6, 6.07) is 5.57. The van der Waals surface area contributed by atoms with Gasteiger partial charge in [-0.15, -0.1) is 0 Å². The normalized spacial score (nSPS) is 11.3. The van der Waals surface area contributed by atoms with Gasteiger partial charge in [-0.3, -0.25) is 14.5 Å². The fourth-order valence-electron chi connectivity index (χ4n) is 3.03. The molecule has 2 aromatic heterocycles. The highest BCUT2D eigenvalue weighted by Gasteiger charge is 2.24. The molecule has 31 heavy (non-hydrogen) atoms. The number of benzene rings is 1. The molecular formula is C21H19F2N3O4S.